The number of nitrogens with one attached hydrogen (secondary N) is 1. The minimum atomic E-state index is 0.201. The second-order valence-electron chi connectivity index (χ2n) is 5.72. The van der Waals surface area contributed by atoms with Crippen LogP contribution < -0.4 is 5.32 Å². The Bertz CT molecular complexity index is 251. The molecule has 0 bridgehead atoms. The molecule has 1 rings (SSSR count). The lowest BCUT2D eigenvalue weighted by molar-refractivity contribution is -0.121. The van der Waals surface area contributed by atoms with E-state index in [1.807, 2.05) is 0 Å². The number of amides is 1. The predicted octanol–water partition coefficient (Wildman–Crippen LogP) is 2.04. The van der Waals surface area contributed by atoms with E-state index >= 15 is 0 Å². The number of rotatable bonds is 8. The smallest absolute Gasteiger partial charge is 0.220 e. The fourth-order valence-corrected chi connectivity index (χ4v) is 2.54. The Morgan fingerprint density at radius 2 is 1.95 bits per heavy atom. The minimum absolute atomic E-state index is 0.201. The molecule has 0 aliphatic carbocycles. The third-order valence-electron chi connectivity index (χ3n) is 3.80. The lowest BCUT2D eigenvalue weighted by Crippen LogP contribution is -2.51. The topological polar surface area (TPSA) is 41.6 Å². The van der Waals surface area contributed by atoms with Crippen molar-refractivity contribution in [2.75, 3.05) is 32.8 Å². The molecule has 0 saturated carbocycles. The highest BCUT2D eigenvalue weighted by Gasteiger charge is 2.23. The van der Waals surface area contributed by atoms with E-state index in [9.17, 15) is 4.79 Å². The molecule has 1 atom stereocenters. The molecule has 19 heavy (non-hydrogen) atoms. The van der Waals surface area contributed by atoms with Crippen molar-refractivity contribution in [3.63, 3.8) is 0 Å². The summed E-state index contributed by atoms with van der Waals surface area (Å²) in [4.78, 5) is 14.2. The predicted molar refractivity (Wildman–Crippen MR) is 78.2 cm³/mol. The maximum absolute atomic E-state index is 11.8. The number of nitrogens with zero attached hydrogens (tertiary/aromatic N) is 1. The van der Waals surface area contributed by atoms with Gasteiger partial charge in [-0.1, -0.05) is 33.6 Å². The first-order valence-electron chi connectivity index (χ1n) is 7.73. The van der Waals surface area contributed by atoms with Crippen LogP contribution in [0.4, 0.5) is 0 Å². The molecule has 4 nitrogen and oxygen atoms in total. The van der Waals surface area contributed by atoms with Gasteiger partial charge >= 0.3 is 0 Å². The van der Waals surface area contributed by atoms with Crippen LogP contribution >= 0.6 is 0 Å². The molecule has 0 spiro atoms. The summed E-state index contributed by atoms with van der Waals surface area (Å²) in [6.45, 7) is 11.0. The van der Waals surface area contributed by atoms with Crippen LogP contribution in [-0.4, -0.2) is 49.7 Å². The quantitative estimate of drug-likeness (QED) is 0.686. The normalized spacial score (nSPS) is 18.5. The van der Waals surface area contributed by atoms with E-state index in [1.54, 1.807) is 0 Å². The van der Waals surface area contributed by atoms with Crippen molar-refractivity contribution in [3.05, 3.63) is 0 Å². The molecular weight excluding hydrogens is 240 g/mol. The molecule has 1 fully saturated rings. The number of carbonyl (C=O) groups is 1. The number of carbonyl (C=O) groups excluding carboxylic acids is 1. The van der Waals surface area contributed by atoms with Crippen LogP contribution in [0, 0.1) is 5.92 Å². The van der Waals surface area contributed by atoms with Crippen molar-refractivity contribution >= 4 is 5.91 Å². The van der Waals surface area contributed by atoms with Gasteiger partial charge in [-0.2, -0.15) is 0 Å². The number of ether oxygens (including phenoxy) is 1. The Morgan fingerprint density at radius 1 is 1.26 bits per heavy atom. The van der Waals surface area contributed by atoms with Gasteiger partial charge in [-0.15, -0.1) is 0 Å². The van der Waals surface area contributed by atoms with Gasteiger partial charge in [-0.25, -0.2) is 0 Å². The third kappa shape index (κ3) is 6.39. The van der Waals surface area contributed by atoms with E-state index in [0.717, 1.165) is 52.1 Å². The largest absolute Gasteiger partial charge is 0.379 e. The van der Waals surface area contributed by atoms with Crippen molar-refractivity contribution in [1.29, 1.82) is 0 Å². The number of hydrogen-bond acceptors (Lipinski definition) is 3. The third-order valence-corrected chi connectivity index (χ3v) is 3.80. The summed E-state index contributed by atoms with van der Waals surface area (Å²) in [5.74, 6) is 0.751. The molecule has 1 N–H and O–H groups in total. The fourth-order valence-electron chi connectivity index (χ4n) is 2.54. The Balaban J connectivity index is 2.30. The van der Waals surface area contributed by atoms with Gasteiger partial charge in [0.2, 0.25) is 5.91 Å². The van der Waals surface area contributed by atoms with Gasteiger partial charge in [0.25, 0.3) is 0 Å². The molecule has 1 heterocycles. The Kier molecular flexibility index (Phi) is 8.07. The van der Waals surface area contributed by atoms with Gasteiger partial charge in [0, 0.05) is 32.1 Å². The molecule has 0 aromatic carbocycles. The molecule has 112 valence electrons. The summed E-state index contributed by atoms with van der Waals surface area (Å²) >= 11 is 0. The highest BCUT2D eigenvalue weighted by molar-refractivity contribution is 5.75. The number of unbranched alkanes of at least 4 members (excludes halogenated alkanes) is 2. The lowest BCUT2D eigenvalue weighted by Gasteiger charge is -2.36. The Morgan fingerprint density at radius 3 is 2.53 bits per heavy atom. The molecule has 1 unspecified atom stereocenters. The summed E-state index contributed by atoms with van der Waals surface area (Å²) in [6.07, 6.45) is 3.98. The zero-order valence-electron chi connectivity index (χ0n) is 12.8. The molecule has 0 radical (unpaired) electrons. The molecule has 0 aromatic rings. The van der Waals surface area contributed by atoms with E-state index in [4.69, 9.17) is 4.74 Å². The van der Waals surface area contributed by atoms with Crippen molar-refractivity contribution in [1.82, 2.24) is 10.2 Å². The van der Waals surface area contributed by atoms with Crippen LogP contribution in [0.15, 0.2) is 0 Å². The van der Waals surface area contributed by atoms with Crippen molar-refractivity contribution in [3.8, 4) is 0 Å². The van der Waals surface area contributed by atoms with E-state index in [-0.39, 0.29) is 5.91 Å². The summed E-state index contributed by atoms with van der Waals surface area (Å²) < 4.78 is 5.39. The van der Waals surface area contributed by atoms with Crippen LogP contribution in [-0.2, 0) is 9.53 Å². The van der Waals surface area contributed by atoms with Gasteiger partial charge in [0.05, 0.1) is 13.2 Å². The van der Waals surface area contributed by atoms with Crippen LogP contribution in [0.3, 0.4) is 0 Å². The average Bonchev–Trinajstić information content (AvgIpc) is 2.40. The first-order valence-corrected chi connectivity index (χ1v) is 7.73. The van der Waals surface area contributed by atoms with E-state index in [1.165, 1.54) is 0 Å². The lowest BCUT2D eigenvalue weighted by atomic mass is 10.0. The zero-order valence-corrected chi connectivity index (χ0v) is 12.8. The van der Waals surface area contributed by atoms with Crippen LogP contribution in [0.25, 0.3) is 0 Å². The van der Waals surface area contributed by atoms with E-state index < -0.39 is 0 Å². The number of hydrogen-bond donors (Lipinski definition) is 1. The van der Waals surface area contributed by atoms with Crippen molar-refractivity contribution in [2.45, 2.75) is 52.5 Å². The summed E-state index contributed by atoms with van der Waals surface area (Å²) in [5, 5.41) is 3.10. The highest BCUT2D eigenvalue weighted by Crippen LogP contribution is 2.12. The van der Waals surface area contributed by atoms with Crippen molar-refractivity contribution < 1.29 is 9.53 Å². The molecule has 1 amide bonds. The van der Waals surface area contributed by atoms with Crippen LogP contribution in [0.2, 0.25) is 0 Å². The van der Waals surface area contributed by atoms with Crippen molar-refractivity contribution in [2.24, 2.45) is 5.92 Å². The SMILES string of the molecule is CCCCCC(=O)NCC(C(C)C)N1CCOCC1. The molecular formula is C15H30N2O2. The molecule has 0 aromatic heterocycles. The van der Waals surface area contributed by atoms with E-state index in [0.29, 0.717) is 18.4 Å². The average molecular weight is 270 g/mol. The Labute approximate surface area is 117 Å². The summed E-state index contributed by atoms with van der Waals surface area (Å²) in [6, 6.07) is 0.430. The zero-order chi connectivity index (χ0) is 14.1. The summed E-state index contributed by atoms with van der Waals surface area (Å²) in [5.41, 5.74) is 0. The fraction of sp³-hybridized carbons (Fsp3) is 0.933. The Hall–Kier alpha value is -0.610. The van der Waals surface area contributed by atoms with Gasteiger partial charge in [0.1, 0.15) is 0 Å². The standard InChI is InChI=1S/C15H30N2O2/c1-4-5-6-7-15(18)16-12-14(13(2)3)17-8-10-19-11-9-17/h13-14H,4-12H2,1-3H3,(H,16,18). The molecule has 4 heteroatoms. The monoisotopic (exact) mass is 270 g/mol. The molecule has 1 aliphatic heterocycles. The molecule has 1 saturated heterocycles. The first kappa shape index (κ1) is 16.4. The maximum atomic E-state index is 11.8. The maximum Gasteiger partial charge on any atom is 0.220 e. The minimum Gasteiger partial charge on any atom is -0.379 e. The van der Waals surface area contributed by atoms with Gasteiger partial charge in [-0.05, 0) is 12.3 Å². The van der Waals surface area contributed by atoms with Gasteiger partial charge < -0.3 is 10.1 Å². The number of morpholine rings is 1. The van der Waals surface area contributed by atoms with Crippen LogP contribution in [0.1, 0.15) is 46.5 Å². The highest BCUT2D eigenvalue weighted by atomic mass is 16.5. The van der Waals surface area contributed by atoms with Gasteiger partial charge in [0.15, 0.2) is 0 Å². The second-order valence-corrected chi connectivity index (χ2v) is 5.72. The van der Waals surface area contributed by atoms with E-state index in [2.05, 4.69) is 31.0 Å². The second kappa shape index (κ2) is 9.32. The van der Waals surface area contributed by atoms with Crippen LogP contribution in [0.5, 0.6) is 0 Å². The molecule has 1 aliphatic rings. The summed E-state index contributed by atoms with van der Waals surface area (Å²) in [7, 11) is 0. The van der Waals surface area contributed by atoms with Gasteiger partial charge in [-0.3, -0.25) is 9.69 Å². The first-order chi connectivity index (χ1) is 9.15.